The van der Waals surface area contributed by atoms with Crippen molar-refractivity contribution in [3.05, 3.63) is 12.3 Å². The van der Waals surface area contributed by atoms with Gasteiger partial charge in [-0.05, 0) is 0 Å². The van der Waals surface area contributed by atoms with Gasteiger partial charge in [-0.25, -0.2) is 0 Å². The molecular formula is C6H13NO. The highest BCUT2D eigenvalue weighted by molar-refractivity contribution is 4.87. The molecule has 0 spiro atoms. The van der Waals surface area contributed by atoms with E-state index in [4.69, 9.17) is 0 Å². The van der Waals surface area contributed by atoms with E-state index in [-0.39, 0.29) is 11.8 Å². The minimum Gasteiger partial charge on any atom is -0.872 e. The zero-order valence-corrected chi connectivity index (χ0v) is 5.48. The summed E-state index contributed by atoms with van der Waals surface area (Å²) in [4.78, 5) is 0. The quantitative estimate of drug-likeness (QED) is 0.467. The number of hydrogen-bond acceptors (Lipinski definition) is 1. The molecule has 0 aliphatic rings. The van der Waals surface area contributed by atoms with E-state index in [2.05, 4.69) is 12.3 Å². The molecule has 0 radical (unpaired) electrons. The molecule has 0 aromatic rings. The summed E-state index contributed by atoms with van der Waals surface area (Å²) >= 11 is 0. The minimum absolute atomic E-state index is 0.0694. The van der Waals surface area contributed by atoms with Crippen LogP contribution in [-0.2, 0) is 0 Å². The van der Waals surface area contributed by atoms with Crippen LogP contribution in [0.2, 0.25) is 0 Å². The van der Waals surface area contributed by atoms with E-state index in [1.807, 2.05) is 13.8 Å². The Morgan fingerprint density at radius 3 is 2.00 bits per heavy atom. The molecule has 0 aromatic heterocycles. The summed E-state index contributed by atoms with van der Waals surface area (Å²) < 4.78 is 0. The molecule has 1 atom stereocenters. The van der Waals surface area contributed by atoms with Crippen molar-refractivity contribution >= 4 is 0 Å². The van der Waals surface area contributed by atoms with Crippen LogP contribution in [0.15, 0.2) is 12.3 Å². The third-order valence-corrected chi connectivity index (χ3v) is 1.22. The van der Waals surface area contributed by atoms with Crippen LogP contribution in [0.25, 0.3) is 0 Å². The predicted molar refractivity (Wildman–Crippen MR) is 30.7 cm³/mol. The molecule has 0 saturated heterocycles. The lowest BCUT2D eigenvalue weighted by Gasteiger charge is -2.18. The van der Waals surface area contributed by atoms with Crippen molar-refractivity contribution in [3.8, 4) is 0 Å². The van der Waals surface area contributed by atoms with Gasteiger partial charge in [0.05, 0.1) is 6.04 Å². The smallest absolute Gasteiger partial charge is 0.0976 e. The van der Waals surface area contributed by atoms with E-state index in [1.165, 1.54) is 0 Å². The first kappa shape index (κ1) is 7.50. The number of hydrogen-bond donors (Lipinski definition) is 1. The molecule has 0 aliphatic carbocycles. The van der Waals surface area contributed by atoms with Crippen LogP contribution in [0.4, 0.5) is 0 Å². The molecule has 8 heavy (non-hydrogen) atoms. The molecule has 0 saturated carbocycles. The zero-order valence-electron chi connectivity index (χ0n) is 5.48. The fourth-order valence-corrected chi connectivity index (χ4v) is 0.372. The second-order valence-electron chi connectivity index (χ2n) is 2.32. The van der Waals surface area contributed by atoms with Gasteiger partial charge in [-0.1, -0.05) is 19.6 Å². The van der Waals surface area contributed by atoms with Gasteiger partial charge in [0.1, 0.15) is 0 Å². The average molecular weight is 115 g/mol. The van der Waals surface area contributed by atoms with Crippen LogP contribution < -0.4 is 10.8 Å². The normalized spacial score (nSPS) is 14.0. The van der Waals surface area contributed by atoms with E-state index in [0.717, 1.165) is 0 Å². The summed E-state index contributed by atoms with van der Waals surface area (Å²) in [6, 6.07) is -0.130. The standard InChI is InChI=1S/C6H13NO/c1-4(2)6(7)5(3)8/h4,6,8H,3,7H2,1-2H3. The lowest BCUT2D eigenvalue weighted by Crippen LogP contribution is -2.65. The van der Waals surface area contributed by atoms with E-state index >= 15 is 0 Å². The van der Waals surface area contributed by atoms with Crippen molar-refractivity contribution in [1.82, 2.24) is 0 Å². The van der Waals surface area contributed by atoms with Gasteiger partial charge in [0, 0.05) is 5.92 Å². The molecule has 1 unspecified atom stereocenters. The molecule has 0 fully saturated rings. The lowest BCUT2D eigenvalue weighted by molar-refractivity contribution is -0.464. The third-order valence-electron chi connectivity index (χ3n) is 1.22. The Kier molecular flexibility index (Phi) is 2.55. The minimum atomic E-state index is -0.130. The van der Waals surface area contributed by atoms with Gasteiger partial charge in [0.25, 0.3) is 0 Å². The first-order valence-corrected chi connectivity index (χ1v) is 2.74. The molecule has 0 amide bonds. The first-order chi connectivity index (χ1) is 3.55. The third kappa shape index (κ3) is 1.98. The van der Waals surface area contributed by atoms with Gasteiger partial charge in [0.15, 0.2) is 0 Å². The maximum Gasteiger partial charge on any atom is 0.0976 e. The SMILES string of the molecule is C=C([O-])C([NH3+])C(C)C. The topological polar surface area (TPSA) is 50.7 Å². The number of rotatable bonds is 2. The maximum atomic E-state index is 10.4. The highest BCUT2D eigenvalue weighted by atomic mass is 16.3. The molecule has 0 heterocycles. The van der Waals surface area contributed by atoms with E-state index in [9.17, 15) is 5.11 Å². The second-order valence-corrected chi connectivity index (χ2v) is 2.32. The van der Waals surface area contributed by atoms with Gasteiger partial charge < -0.3 is 10.8 Å². The summed E-state index contributed by atoms with van der Waals surface area (Å²) in [6.45, 7) is 7.18. The van der Waals surface area contributed by atoms with E-state index in [0.29, 0.717) is 5.92 Å². The summed E-state index contributed by atoms with van der Waals surface area (Å²) in [7, 11) is 0. The van der Waals surface area contributed by atoms with Crippen molar-refractivity contribution in [2.75, 3.05) is 0 Å². The second kappa shape index (κ2) is 2.72. The average Bonchev–Trinajstić information content (AvgIpc) is 1.64. The van der Waals surface area contributed by atoms with Crippen molar-refractivity contribution in [1.29, 1.82) is 0 Å². The van der Waals surface area contributed by atoms with Gasteiger partial charge in [-0.15, -0.1) is 6.58 Å². The highest BCUT2D eigenvalue weighted by Crippen LogP contribution is 1.98. The van der Waals surface area contributed by atoms with E-state index in [1.54, 1.807) is 0 Å². The molecule has 48 valence electrons. The van der Waals surface area contributed by atoms with Crippen LogP contribution in [0.5, 0.6) is 0 Å². The van der Waals surface area contributed by atoms with E-state index < -0.39 is 0 Å². The van der Waals surface area contributed by atoms with Gasteiger partial charge >= 0.3 is 0 Å². The van der Waals surface area contributed by atoms with Crippen LogP contribution in [0.1, 0.15) is 13.8 Å². The molecule has 0 rings (SSSR count). The number of quaternary nitrogens is 1. The van der Waals surface area contributed by atoms with Crippen molar-refractivity contribution < 1.29 is 10.8 Å². The van der Waals surface area contributed by atoms with Crippen molar-refractivity contribution in [3.63, 3.8) is 0 Å². The Morgan fingerprint density at radius 2 is 2.00 bits per heavy atom. The van der Waals surface area contributed by atoms with Crippen LogP contribution >= 0.6 is 0 Å². The summed E-state index contributed by atoms with van der Waals surface area (Å²) in [5, 5.41) is 10.4. The first-order valence-electron chi connectivity index (χ1n) is 2.74. The largest absolute Gasteiger partial charge is 0.872 e. The molecule has 0 aliphatic heterocycles. The maximum absolute atomic E-state index is 10.4. The highest BCUT2D eigenvalue weighted by Gasteiger charge is 2.06. The van der Waals surface area contributed by atoms with Gasteiger partial charge in [0.2, 0.25) is 0 Å². The van der Waals surface area contributed by atoms with Gasteiger partial charge in [-0.3, -0.25) is 0 Å². The van der Waals surface area contributed by atoms with Crippen LogP contribution in [0, 0.1) is 5.92 Å². The summed E-state index contributed by atoms with van der Waals surface area (Å²) in [5.41, 5.74) is 3.62. The fraction of sp³-hybridized carbons (Fsp3) is 0.667. The van der Waals surface area contributed by atoms with Gasteiger partial charge in [-0.2, -0.15) is 0 Å². The Morgan fingerprint density at radius 1 is 1.62 bits per heavy atom. The summed E-state index contributed by atoms with van der Waals surface area (Å²) in [5.74, 6) is 0.250. The van der Waals surface area contributed by atoms with Crippen molar-refractivity contribution in [2.24, 2.45) is 5.92 Å². The molecule has 3 N–H and O–H groups in total. The van der Waals surface area contributed by atoms with Crippen LogP contribution in [-0.4, -0.2) is 6.04 Å². The molecule has 2 heteroatoms. The molecule has 2 nitrogen and oxygen atoms in total. The molecule has 0 aromatic carbocycles. The Labute approximate surface area is 50.0 Å². The van der Waals surface area contributed by atoms with Crippen LogP contribution in [0.3, 0.4) is 0 Å². The zero-order chi connectivity index (χ0) is 6.73. The fourth-order valence-electron chi connectivity index (χ4n) is 0.372. The predicted octanol–water partition coefficient (Wildman–Crippen LogP) is -0.873. The Balaban J connectivity index is 3.64. The Bertz CT molecular complexity index is 88.5. The molecule has 0 bridgehead atoms. The van der Waals surface area contributed by atoms with Crippen molar-refractivity contribution in [2.45, 2.75) is 19.9 Å². The Hall–Kier alpha value is -0.500. The molecular weight excluding hydrogens is 102 g/mol. The lowest BCUT2D eigenvalue weighted by atomic mass is 10.0. The summed E-state index contributed by atoms with van der Waals surface area (Å²) in [6.07, 6.45) is 0. The monoisotopic (exact) mass is 115 g/mol.